The van der Waals surface area contributed by atoms with Crippen LogP contribution in [0.4, 0.5) is 8.78 Å². The Hall–Kier alpha value is -0.960. The van der Waals surface area contributed by atoms with Crippen LogP contribution in [0.5, 0.6) is 0 Å². The molecule has 0 aliphatic heterocycles. The Bertz CT molecular complexity index is 337. The van der Waals surface area contributed by atoms with Crippen LogP contribution in [0.2, 0.25) is 0 Å². The molecule has 0 aromatic heterocycles. The third-order valence-electron chi connectivity index (χ3n) is 3.47. The van der Waals surface area contributed by atoms with Crippen LogP contribution in [-0.2, 0) is 6.54 Å². The van der Waals surface area contributed by atoms with Crippen molar-refractivity contribution in [1.29, 1.82) is 0 Å². The lowest BCUT2D eigenvalue weighted by atomic mass is 9.85. The second kappa shape index (κ2) is 5.58. The van der Waals surface area contributed by atoms with Crippen LogP contribution >= 0.6 is 0 Å². The third kappa shape index (κ3) is 3.50. The Morgan fingerprint density at radius 2 is 1.94 bits per heavy atom. The maximum atomic E-state index is 13.6. The molecule has 0 radical (unpaired) electrons. The Labute approximate surface area is 101 Å². The first-order valence-corrected chi connectivity index (χ1v) is 6.31. The first-order chi connectivity index (χ1) is 8.18. The molecule has 94 valence electrons. The van der Waals surface area contributed by atoms with Crippen molar-refractivity contribution in [3.8, 4) is 0 Å². The molecule has 17 heavy (non-hydrogen) atoms. The molecule has 1 aliphatic rings. The van der Waals surface area contributed by atoms with Gasteiger partial charge in [-0.15, -0.1) is 0 Å². The number of hydrogen-bond acceptors (Lipinski definition) is 1. The van der Waals surface area contributed by atoms with Crippen LogP contribution in [0.3, 0.4) is 0 Å². The second-order valence-electron chi connectivity index (χ2n) is 4.82. The molecular formula is C14H19F2N. The van der Waals surface area contributed by atoms with Crippen molar-refractivity contribution in [1.82, 2.24) is 5.32 Å². The van der Waals surface area contributed by atoms with Crippen molar-refractivity contribution < 1.29 is 8.78 Å². The summed E-state index contributed by atoms with van der Waals surface area (Å²) in [5.41, 5.74) is 1.15. The van der Waals surface area contributed by atoms with Crippen molar-refractivity contribution in [2.75, 3.05) is 6.54 Å². The molecule has 0 amide bonds. The molecule has 1 aromatic carbocycles. The van der Waals surface area contributed by atoms with Crippen LogP contribution < -0.4 is 5.32 Å². The van der Waals surface area contributed by atoms with Gasteiger partial charge in [-0.05, 0) is 18.4 Å². The number of benzene rings is 1. The number of rotatable bonds is 4. The fourth-order valence-corrected chi connectivity index (χ4v) is 2.40. The Balaban J connectivity index is 1.78. The molecule has 0 bridgehead atoms. The van der Waals surface area contributed by atoms with Crippen LogP contribution in [0, 0.1) is 5.92 Å². The van der Waals surface area contributed by atoms with Crippen LogP contribution in [0.1, 0.15) is 31.2 Å². The van der Waals surface area contributed by atoms with Gasteiger partial charge in [0.05, 0.1) is 0 Å². The van der Waals surface area contributed by atoms with Crippen LogP contribution in [-0.4, -0.2) is 12.5 Å². The van der Waals surface area contributed by atoms with Gasteiger partial charge in [-0.2, -0.15) is 0 Å². The Kier molecular flexibility index (Phi) is 4.11. The van der Waals surface area contributed by atoms with Gasteiger partial charge < -0.3 is 5.32 Å². The molecule has 0 saturated heterocycles. The van der Waals surface area contributed by atoms with E-state index in [1.54, 1.807) is 0 Å². The molecule has 1 aromatic rings. The highest BCUT2D eigenvalue weighted by Gasteiger charge is 2.40. The molecule has 1 fully saturated rings. The molecular weight excluding hydrogens is 220 g/mol. The lowest BCUT2D eigenvalue weighted by Gasteiger charge is -2.31. The van der Waals surface area contributed by atoms with E-state index in [0.29, 0.717) is 25.9 Å². The van der Waals surface area contributed by atoms with E-state index < -0.39 is 11.8 Å². The third-order valence-corrected chi connectivity index (χ3v) is 3.47. The van der Waals surface area contributed by atoms with E-state index in [-0.39, 0.29) is 6.42 Å². The van der Waals surface area contributed by atoms with E-state index in [1.165, 1.54) is 0 Å². The molecule has 1 aliphatic carbocycles. The van der Waals surface area contributed by atoms with Gasteiger partial charge in [0.2, 0.25) is 0 Å². The molecule has 3 heteroatoms. The predicted octanol–water partition coefficient (Wildman–Crippen LogP) is 3.60. The lowest BCUT2D eigenvalue weighted by molar-refractivity contribution is -0.0843. The largest absolute Gasteiger partial charge is 0.312 e. The van der Waals surface area contributed by atoms with Gasteiger partial charge in [-0.1, -0.05) is 36.8 Å². The molecule has 1 unspecified atom stereocenters. The van der Waals surface area contributed by atoms with Crippen molar-refractivity contribution in [3.63, 3.8) is 0 Å². The molecule has 0 heterocycles. The molecule has 1 atom stereocenters. The molecule has 0 spiro atoms. The van der Waals surface area contributed by atoms with Gasteiger partial charge in [0.25, 0.3) is 5.92 Å². The number of alkyl halides is 2. The van der Waals surface area contributed by atoms with E-state index in [4.69, 9.17) is 0 Å². The summed E-state index contributed by atoms with van der Waals surface area (Å²) in [5, 5.41) is 3.15. The summed E-state index contributed by atoms with van der Waals surface area (Å²) in [4.78, 5) is 0. The standard InChI is InChI=1S/C14H19F2N/c15-14(16)9-5-4-8-13(14)11-17-10-12-6-2-1-3-7-12/h1-3,6-7,13,17H,4-5,8-11H2. The zero-order valence-electron chi connectivity index (χ0n) is 9.96. The van der Waals surface area contributed by atoms with Gasteiger partial charge in [0.15, 0.2) is 0 Å². The fraction of sp³-hybridized carbons (Fsp3) is 0.571. The summed E-state index contributed by atoms with van der Waals surface area (Å²) in [6.45, 7) is 1.09. The van der Waals surface area contributed by atoms with Gasteiger partial charge >= 0.3 is 0 Å². The van der Waals surface area contributed by atoms with Crippen molar-refractivity contribution in [2.45, 2.75) is 38.2 Å². The van der Waals surface area contributed by atoms with E-state index >= 15 is 0 Å². The zero-order chi connectivity index (χ0) is 12.1. The van der Waals surface area contributed by atoms with Crippen molar-refractivity contribution >= 4 is 0 Å². The van der Waals surface area contributed by atoms with Gasteiger partial charge in [0, 0.05) is 25.4 Å². The molecule has 1 saturated carbocycles. The van der Waals surface area contributed by atoms with Crippen molar-refractivity contribution in [3.05, 3.63) is 35.9 Å². The lowest BCUT2D eigenvalue weighted by Crippen LogP contribution is -2.38. The van der Waals surface area contributed by atoms with Crippen molar-refractivity contribution in [2.24, 2.45) is 5.92 Å². The summed E-state index contributed by atoms with van der Waals surface area (Å²) >= 11 is 0. The van der Waals surface area contributed by atoms with Gasteiger partial charge in [-0.3, -0.25) is 0 Å². The summed E-state index contributed by atoms with van der Waals surface area (Å²) in [6, 6.07) is 9.90. The zero-order valence-corrected chi connectivity index (χ0v) is 9.96. The highest BCUT2D eigenvalue weighted by molar-refractivity contribution is 5.14. The molecule has 1 nitrogen and oxygen atoms in total. The maximum absolute atomic E-state index is 13.6. The average Bonchev–Trinajstić information content (AvgIpc) is 2.32. The minimum atomic E-state index is -2.47. The van der Waals surface area contributed by atoms with E-state index in [0.717, 1.165) is 12.0 Å². The summed E-state index contributed by atoms with van der Waals surface area (Å²) in [5.74, 6) is -2.96. The smallest absolute Gasteiger partial charge is 0.252 e. The number of nitrogens with one attached hydrogen (secondary N) is 1. The van der Waals surface area contributed by atoms with E-state index in [1.807, 2.05) is 30.3 Å². The fourth-order valence-electron chi connectivity index (χ4n) is 2.40. The maximum Gasteiger partial charge on any atom is 0.252 e. The first-order valence-electron chi connectivity index (χ1n) is 6.31. The van der Waals surface area contributed by atoms with E-state index in [9.17, 15) is 8.78 Å². The Morgan fingerprint density at radius 3 is 2.65 bits per heavy atom. The number of hydrogen-bond donors (Lipinski definition) is 1. The monoisotopic (exact) mass is 239 g/mol. The summed E-state index contributed by atoms with van der Waals surface area (Å²) < 4.78 is 27.1. The first kappa shape index (κ1) is 12.5. The molecule has 1 N–H and O–H groups in total. The SMILES string of the molecule is FC1(F)CCCCC1CNCc1ccccc1. The summed E-state index contributed by atoms with van der Waals surface area (Å²) in [6.07, 6.45) is 2.31. The van der Waals surface area contributed by atoms with Crippen LogP contribution in [0.25, 0.3) is 0 Å². The normalized spacial score (nSPS) is 23.5. The quantitative estimate of drug-likeness (QED) is 0.846. The average molecular weight is 239 g/mol. The summed E-state index contributed by atoms with van der Waals surface area (Å²) in [7, 11) is 0. The predicted molar refractivity (Wildman–Crippen MR) is 65.1 cm³/mol. The highest BCUT2D eigenvalue weighted by atomic mass is 19.3. The van der Waals surface area contributed by atoms with Crippen LogP contribution in [0.15, 0.2) is 30.3 Å². The van der Waals surface area contributed by atoms with Gasteiger partial charge in [-0.25, -0.2) is 8.78 Å². The topological polar surface area (TPSA) is 12.0 Å². The second-order valence-corrected chi connectivity index (χ2v) is 4.82. The highest BCUT2D eigenvalue weighted by Crippen LogP contribution is 2.37. The minimum Gasteiger partial charge on any atom is -0.312 e. The van der Waals surface area contributed by atoms with Gasteiger partial charge in [0.1, 0.15) is 0 Å². The number of halogens is 2. The molecule has 2 rings (SSSR count). The van der Waals surface area contributed by atoms with E-state index in [2.05, 4.69) is 5.32 Å². The Morgan fingerprint density at radius 1 is 1.18 bits per heavy atom. The minimum absolute atomic E-state index is 0.0602.